The van der Waals surface area contributed by atoms with Crippen molar-refractivity contribution in [3.8, 4) is 0 Å². The number of fused-ring (bicyclic) bond motifs is 2. The van der Waals surface area contributed by atoms with Crippen molar-refractivity contribution in [3.05, 3.63) is 71.4 Å². The number of aromatic nitrogens is 1. The first-order valence-corrected chi connectivity index (χ1v) is 8.95. The van der Waals surface area contributed by atoms with Crippen LogP contribution in [0.3, 0.4) is 0 Å². The topological polar surface area (TPSA) is 7.12 Å². The zero-order chi connectivity index (χ0) is 17.7. The van der Waals surface area contributed by atoms with Gasteiger partial charge in [0, 0.05) is 11.5 Å². The third-order valence-corrected chi connectivity index (χ3v) is 5.76. The van der Waals surface area contributed by atoms with Crippen molar-refractivity contribution in [3.63, 3.8) is 0 Å². The van der Waals surface area contributed by atoms with Gasteiger partial charge in [-0.3, -0.25) is 4.81 Å². The standard InChI is InChI=1S/C22H24BN2/c1-15-9-8-12-21-18(15)13-14-22(24(21)5)25-17(3)16(2)19-10-6-7-11-20(19)23(25)4/h6-14H,1-5H3/q+1. The molecule has 0 unspecified atom stereocenters. The smallest absolute Gasteiger partial charge is 0.290 e. The molecule has 0 fully saturated rings. The molecule has 1 aliphatic rings. The van der Waals surface area contributed by atoms with E-state index in [9.17, 15) is 0 Å². The van der Waals surface area contributed by atoms with Crippen LogP contribution in [0.15, 0.2) is 60.3 Å². The lowest BCUT2D eigenvalue weighted by atomic mass is 9.52. The molecule has 2 aromatic carbocycles. The Morgan fingerprint density at radius 2 is 1.64 bits per heavy atom. The van der Waals surface area contributed by atoms with Gasteiger partial charge in [0.25, 0.3) is 5.82 Å². The number of hydrogen-bond acceptors (Lipinski definition) is 1. The molecule has 1 aromatic heterocycles. The van der Waals surface area contributed by atoms with Crippen LogP contribution in [0.2, 0.25) is 6.82 Å². The number of rotatable bonds is 1. The maximum Gasteiger partial charge on any atom is 0.409 e. The van der Waals surface area contributed by atoms with Crippen LogP contribution in [0.4, 0.5) is 5.82 Å². The Kier molecular flexibility index (Phi) is 3.68. The van der Waals surface area contributed by atoms with Crippen LogP contribution < -0.4 is 14.8 Å². The molecule has 3 heteroatoms. The van der Waals surface area contributed by atoms with E-state index in [0.29, 0.717) is 6.85 Å². The minimum atomic E-state index is 0.313. The molecule has 124 valence electrons. The molecule has 0 saturated carbocycles. The van der Waals surface area contributed by atoms with Crippen molar-refractivity contribution >= 4 is 34.6 Å². The van der Waals surface area contributed by atoms with E-state index in [1.807, 2.05) is 0 Å². The van der Waals surface area contributed by atoms with Gasteiger partial charge in [-0.05, 0) is 61.9 Å². The van der Waals surface area contributed by atoms with Crippen LogP contribution >= 0.6 is 0 Å². The van der Waals surface area contributed by atoms with Gasteiger partial charge in [-0.1, -0.05) is 36.4 Å². The van der Waals surface area contributed by atoms with Gasteiger partial charge in [0.2, 0.25) is 0 Å². The predicted molar refractivity (Wildman–Crippen MR) is 108 cm³/mol. The molecule has 3 aromatic rings. The highest BCUT2D eigenvalue weighted by molar-refractivity contribution is 6.77. The number of allylic oxidation sites excluding steroid dienone is 2. The van der Waals surface area contributed by atoms with E-state index >= 15 is 0 Å². The first-order chi connectivity index (χ1) is 12.0. The molecule has 0 saturated heterocycles. The maximum atomic E-state index is 2.47. The van der Waals surface area contributed by atoms with Crippen molar-refractivity contribution in [2.45, 2.75) is 27.6 Å². The fourth-order valence-electron chi connectivity index (χ4n) is 4.19. The van der Waals surface area contributed by atoms with Crippen molar-refractivity contribution in [2.75, 3.05) is 4.81 Å². The summed E-state index contributed by atoms with van der Waals surface area (Å²) in [5.74, 6) is 1.23. The number of hydrogen-bond donors (Lipinski definition) is 0. The zero-order valence-corrected chi connectivity index (χ0v) is 15.7. The third-order valence-electron chi connectivity index (χ3n) is 5.76. The number of aryl methyl sites for hydroxylation is 2. The van der Waals surface area contributed by atoms with Crippen LogP contribution in [0.1, 0.15) is 25.0 Å². The van der Waals surface area contributed by atoms with Crippen molar-refractivity contribution in [1.29, 1.82) is 0 Å². The van der Waals surface area contributed by atoms with E-state index in [4.69, 9.17) is 0 Å². The van der Waals surface area contributed by atoms with E-state index in [1.165, 1.54) is 44.6 Å². The van der Waals surface area contributed by atoms with E-state index in [0.717, 1.165) is 0 Å². The second-order valence-corrected chi connectivity index (χ2v) is 7.10. The summed E-state index contributed by atoms with van der Waals surface area (Å²) in [4.78, 5) is 2.47. The molecule has 0 atom stereocenters. The molecule has 2 heterocycles. The summed E-state index contributed by atoms with van der Waals surface area (Å²) in [6.45, 7) is 9.26. The third kappa shape index (κ3) is 2.30. The van der Waals surface area contributed by atoms with Gasteiger partial charge in [0.15, 0.2) is 0 Å². The first-order valence-electron chi connectivity index (χ1n) is 8.95. The Morgan fingerprint density at radius 1 is 0.880 bits per heavy atom. The Balaban J connectivity index is 1.95. The Labute approximate surface area is 150 Å². The van der Waals surface area contributed by atoms with Gasteiger partial charge in [0.05, 0.1) is 12.7 Å². The minimum Gasteiger partial charge on any atom is -0.290 e. The second kappa shape index (κ2) is 5.77. The Bertz CT molecular complexity index is 1020. The fraction of sp³-hybridized carbons (Fsp3) is 0.227. The van der Waals surface area contributed by atoms with Crippen LogP contribution in [0, 0.1) is 6.92 Å². The monoisotopic (exact) mass is 327 g/mol. The normalized spacial score (nSPS) is 14.3. The average Bonchev–Trinajstić information content (AvgIpc) is 2.62. The molecule has 0 spiro atoms. The maximum absolute atomic E-state index is 2.47. The van der Waals surface area contributed by atoms with Gasteiger partial charge in [-0.2, -0.15) is 0 Å². The van der Waals surface area contributed by atoms with E-state index < -0.39 is 0 Å². The van der Waals surface area contributed by atoms with Gasteiger partial charge < -0.3 is 0 Å². The summed E-state index contributed by atoms with van der Waals surface area (Å²) in [6.07, 6.45) is 0. The molecule has 2 nitrogen and oxygen atoms in total. The van der Waals surface area contributed by atoms with Gasteiger partial charge in [-0.15, -0.1) is 0 Å². The lowest BCUT2D eigenvalue weighted by molar-refractivity contribution is -0.631. The summed E-state index contributed by atoms with van der Waals surface area (Å²) >= 11 is 0. The molecule has 25 heavy (non-hydrogen) atoms. The van der Waals surface area contributed by atoms with Gasteiger partial charge in [-0.25, -0.2) is 4.57 Å². The molecule has 0 radical (unpaired) electrons. The first kappa shape index (κ1) is 16.0. The average molecular weight is 327 g/mol. The predicted octanol–water partition coefficient (Wildman–Crippen LogP) is 4.07. The summed E-state index contributed by atoms with van der Waals surface area (Å²) in [7, 11) is 2.17. The van der Waals surface area contributed by atoms with Crippen molar-refractivity contribution in [1.82, 2.24) is 0 Å². The fourth-order valence-corrected chi connectivity index (χ4v) is 4.19. The van der Waals surface area contributed by atoms with Crippen LogP contribution in [0.5, 0.6) is 0 Å². The molecule has 0 bridgehead atoms. The lowest BCUT2D eigenvalue weighted by Gasteiger charge is -2.31. The Hall–Kier alpha value is -2.55. The summed E-state index contributed by atoms with van der Waals surface area (Å²) in [6, 6.07) is 19.8. The molecule has 0 N–H and O–H groups in total. The van der Waals surface area contributed by atoms with E-state index in [-0.39, 0.29) is 0 Å². The minimum absolute atomic E-state index is 0.313. The Morgan fingerprint density at radius 3 is 2.44 bits per heavy atom. The second-order valence-electron chi connectivity index (χ2n) is 7.10. The summed E-state index contributed by atoms with van der Waals surface area (Å²) in [5, 5.41) is 1.32. The largest absolute Gasteiger partial charge is 0.409 e. The van der Waals surface area contributed by atoms with Gasteiger partial charge >= 0.3 is 6.85 Å². The number of nitrogens with zero attached hydrogens (tertiary/aromatic N) is 2. The molecular formula is C22H24BN2+. The highest BCUT2D eigenvalue weighted by atomic mass is 15.2. The SMILES string of the molecule is CB1c2ccccc2C(C)=C(C)N1c1ccc2c(C)cccc2[n+]1C. The summed E-state index contributed by atoms with van der Waals surface area (Å²) in [5.41, 5.74) is 8.05. The molecular weight excluding hydrogens is 303 g/mol. The highest BCUT2D eigenvalue weighted by Crippen LogP contribution is 2.30. The van der Waals surface area contributed by atoms with Crippen molar-refractivity contribution < 1.29 is 4.57 Å². The molecule has 1 aliphatic heterocycles. The van der Waals surface area contributed by atoms with Crippen molar-refractivity contribution in [2.24, 2.45) is 7.05 Å². The summed E-state index contributed by atoms with van der Waals surface area (Å²) < 4.78 is 2.32. The zero-order valence-electron chi connectivity index (χ0n) is 15.7. The van der Waals surface area contributed by atoms with E-state index in [1.54, 1.807) is 0 Å². The van der Waals surface area contributed by atoms with Crippen LogP contribution in [-0.4, -0.2) is 6.85 Å². The van der Waals surface area contributed by atoms with Crippen LogP contribution in [-0.2, 0) is 7.05 Å². The van der Waals surface area contributed by atoms with E-state index in [2.05, 4.69) is 98.6 Å². The molecule has 4 rings (SSSR count). The quantitative estimate of drug-likeness (QED) is 0.483. The number of pyridine rings is 1. The molecule has 0 amide bonds. The lowest BCUT2D eigenvalue weighted by Crippen LogP contribution is -2.53. The number of benzene rings is 2. The molecule has 0 aliphatic carbocycles. The highest BCUT2D eigenvalue weighted by Gasteiger charge is 2.38. The number of anilines is 1. The van der Waals surface area contributed by atoms with Crippen LogP contribution in [0.25, 0.3) is 16.5 Å². The van der Waals surface area contributed by atoms with Gasteiger partial charge in [0.1, 0.15) is 5.52 Å².